The molecule has 6 heteroatoms. The topological polar surface area (TPSA) is 46.2 Å². The molecule has 0 atom stereocenters. The molecule has 0 aliphatic carbocycles. The van der Waals surface area contributed by atoms with E-state index in [-0.39, 0.29) is 4.90 Å². The molecule has 0 aliphatic rings. The molecule has 0 unspecified atom stereocenters. The first-order valence-corrected chi connectivity index (χ1v) is 8.37. The van der Waals surface area contributed by atoms with E-state index >= 15 is 0 Å². The highest BCUT2D eigenvalue weighted by Gasteiger charge is 2.15. The first-order valence-electron chi connectivity index (χ1n) is 5.02. The molecule has 0 heterocycles. The third-order valence-electron chi connectivity index (χ3n) is 2.22. The van der Waals surface area contributed by atoms with Crippen molar-refractivity contribution >= 4 is 54.2 Å². The molecule has 0 fully saturated rings. The van der Waals surface area contributed by atoms with Crippen molar-refractivity contribution in [3.8, 4) is 0 Å². The molecule has 0 bridgehead atoms. The quantitative estimate of drug-likeness (QED) is 0.741. The molecule has 2 rings (SSSR count). The Kier molecular flexibility index (Phi) is 4.29. The molecule has 2 aromatic carbocycles. The minimum absolute atomic E-state index is 0.233. The molecule has 2 aromatic rings. The molecule has 0 saturated heterocycles. The summed E-state index contributed by atoms with van der Waals surface area (Å²) in [5.41, 5.74) is 0.582. The molecular formula is C12H9BrINO2S. The average molecular weight is 438 g/mol. The van der Waals surface area contributed by atoms with Crippen molar-refractivity contribution in [2.75, 3.05) is 4.72 Å². The summed E-state index contributed by atoms with van der Waals surface area (Å²) in [6.07, 6.45) is 0. The van der Waals surface area contributed by atoms with Crippen LogP contribution in [0, 0.1) is 3.57 Å². The number of para-hydroxylation sites is 1. The summed E-state index contributed by atoms with van der Waals surface area (Å²) in [5, 5.41) is 0. The summed E-state index contributed by atoms with van der Waals surface area (Å²) < 4.78 is 28.5. The molecule has 0 aliphatic heterocycles. The fourth-order valence-electron chi connectivity index (χ4n) is 1.38. The Bertz CT molecular complexity index is 673. The van der Waals surface area contributed by atoms with Gasteiger partial charge in [-0.1, -0.05) is 34.1 Å². The SMILES string of the molecule is O=S(=O)(Nc1ccccc1I)c1cccc(Br)c1. The normalized spacial score (nSPS) is 11.2. The first kappa shape index (κ1) is 13.8. The van der Waals surface area contributed by atoms with Crippen molar-refractivity contribution in [1.29, 1.82) is 0 Å². The number of halogens is 2. The minimum Gasteiger partial charge on any atom is -0.279 e. The summed E-state index contributed by atoms with van der Waals surface area (Å²) in [4.78, 5) is 0.233. The van der Waals surface area contributed by atoms with Crippen LogP contribution < -0.4 is 4.72 Å². The lowest BCUT2D eigenvalue weighted by Crippen LogP contribution is -2.13. The largest absolute Gasteiger partial charge is 0.279 e. The number of hydrogen-bond donors (Lipinski definition) is 1. The lowest BCUT2D eigenvalue weighted by Gasteiger charge is -2.09. The zero-order valence-corrected chi connectivity index (χ0v) is 13.7. The van der Waals surface area contributed by atoms with Crippen LogP contribution in [0.5, 0.6) is 0 Å². The van der Waals surface area contributed by atoms with Crippen LogP contribution in [-0.4, -0.2) is 8.42 Å². The third-order valence-corrected chi connectivity index (χ3v) is 5.02. The maximum atomic E-state index is 12.2. The van der Waals surface area contributed by atoms with E-state index in [1.807, 2.05) is 12.1 Å². The van der Waals surface area contributed by atoms with Gasteiger partial charge in [-0.05, 0) is 52.9 Å². The highest BCUT2D eigenvalue weighted by Crippen LogP contribution is 2.22. The summed E-state index contributed by atoms with van der Waals surface area (Å²) in [5.74, 6) is 0. The van der Waals surface area contributed by atoms with E-state index in [0.717, 1.165) is 8.04 Å². The second kappa shape index (κ2) is 5.58. The van der Waals surface area contributed by atoms with Gasteiger partial charge in [0, 0.05) is 8.04 Å². The van der Waals surface area contributed by atoms with E-state index in [1.165, 1.54) is 0 Å². The summed E-state index contributed by atoms with van der Waals surface area (Å²) >= 11 is 5.35. The number of benzene rings is 2. The van der Waals surface area contributed by atoms with Gasteiger partial charge < -0.3 is 0 Å². The minimum atomic E-state index is -3.54. The van der Waals surface area contributed by atoms with Crippen molar-refractivity contribution in [3.63, 3.8) is 0 Å². The van der Waals surface area contributed by atoms with E-state index in [9.17, 15) is 8.42 Å². The average Bonchev–Trinajstić information content (AvgIpc) is 2.32. The highest BCUT2D eigenvalue weighted by atomic mass is 127. The predicted molar refractivity (Wildman–Crippen MR) is 84.1 cm³/mol. The predicted octanol–water partition coefficient (Wildman–Crippen LogP) is 3.85. The fraction of sp³-hybridized carbons (Fsp3) is 0. The van der Waals surface area contributed by atoms with Gasteiger partial charge in [0.1, 0.15) is 0 Å². The molecule has 0 aromatic heterocycles. The second-order valence-electron chi connectivity index (χ2n) is 3.54. The van der Waals surface area contributed by atoms with Crippen molar-refractivity contribution < 1.29 is 8.42 Å². The molecule has 0 spiro atoms. The van der Waals surface area contributed by atoms with Gasteiger partial charge >= 0.3 is 0 Å². The maximum absolute atomic E-state index is 12.2. The Balaban J connectivity index is 2.37. The van der Waals surface area contributed by atoms with Crippen LogP contribution in [0.1, 0.15) is 0 Å². The molecule has 94 valence electrons. The summed E-state index contributed by atoms with van der Waals surface area (Å²) in [7, 11) is -3.54. The van der Waals surface area contributed by atoms with E-state index in [0.29, 0.717) is 5.69 Å². The van der Waals surface area contributed by atoms with Crippen molar-refractivity contribution in [2.24, 2.45) is 0 Å². The highest BCUT2D eigenvalue weighted by molar-refractivity contribution is 14.1. The molecule has 0 radical (unpaired) electrons. The zero-order chi connectivity index (χ0) is 13.2. The van der Waals surface area contributed by atoms with Gasteiger partial charge in [-0.2, -0.15) is 0 Å². The molecule has 0 saturated carbocycles. The molecular weight excluding hydrogens is 429 g/mol. The van der Waals surface area contributed by atoms with Crippen LogP contribution in [-0.2, 0) is 10.0 Å². The number of sulfonamides is 1. The standard InChI is InChI=1S/C12H9BrINO2S/c13-9-4-3-5-10(8-9)18(16,17)15-12-7-2-1-6-11(12)14/h1-8,15H. The maximum Gasteiger partial charge on any atom is 0.261 e. The van der Waals surface area contributed by atoms with Crippen LogP contribution in [0.2, 0.25) is 0 Å². The molecule has 0 amide bonds. The van der Waals surface area contributed by atoms with E-state index in [1.54, 1.807) is 36.4 Å². The van der Waals surface area contributed by atoms with E-state index in [2.05, 4.69) is 43.2 Å². The smallest absolute Gasteiger partial charge is 0.261 e. The van der Waals surface area contributed by atoms with Crippen LogP contribution in [0.4, 0.5) is 5.69 Å². The van der Waals surface area contributed by atoms with Crippen LogP contribution in [0.15, 0.2) is 57.9 Å². The van der Waals surface area contributed by atoms with Gasteiger partial charge in [0.2, 0.25) is 0 Å². The Morgan fingerprint density at radius 1 is 1.06 bits per heavy atom. The molecule has 1 N–H and O–H groups in total. The van der Waals surface area contributed by atoms with Crippen molar-refractivity contribution in [2.45, 2.75) is 4.90 Å². The van der Waals surface area contributed by atoms with Crippen LogP contribution >= 0.6 is 38.5 Å². The van der Waals surface area contributed by atoms with Gasteiger partial charge in [-0.15, -0.1) is 0 Å². The lowest BCUT2D eigenvalue weighted by molar-refractivity contribution is 0.601. The van der Waals surface area contributed by atoms with Crippen LogP contribution in [0.3, 0.4) is 0 Å². The number of rotatable bonds is 3. The summed E-state index contributed by atoms with van der Waals surface area (Å²) in [6, 6.07) is 13.8. The monoisotopic (exact) mass is 437 g/mol. The van der Waals surface area contributed by atoms with E-state index < -0.39 is 10.0 Å². The fourth-order valence-corrected chi connectivity index (χ4v) is 3.76. The van der Waals surface area contributed by atoms with Crippen molar-refractivity contribution in [1.82, 2.24) is 0 Å². The van der Waals surface area contributed by atoms with Gasteiger partial charge in [-0.25, -0.2) is 8.42 Å². The third kappa shape index (κ3) is 3.24. The van der Waals surface area contributed by atoms with Gasteiger partial charge in [0.05, 0.1) is 10.6 Å². The zero-order valence-electron chi connectivity index (χ0n) is 9.10. The van der Waals surface area contributed by atoms with Gasteiger partial charge in [-0.3, -0.25) is 4.72 Å². The Morgan fingerprint density at radius 2 is 1.78 bits per heavy atom. The van der Waals surface area contributed by atoms with Crippen LogP contribution in [0.25, 0.3) is 0 Å². The molecule has 3 nitrogen and oxygen atoms in total. The van der Waals surface area contributed by atoms with Gasteiger partial charge in [0.25, 0.3) is 10.0 Å². The van der Waals surface area contributed by atoms with E-state index in [4.69, 9.17) is 0 Å². The Labute approximate surface area is 128 Å². The number of anilines is 1. The summed E-state index contributed by atoms with van der Waals surface area (Å²) in [6.45, 7) is 0. The van der Waals surface area contributed by atoms with Crippen molar-refractivity contribution in [3.05, 3.63) is 56.6 Å². The number of hydrogen-bond acceptors (Lipinski definition) is 2. The van der Waals surface area contributed by atoms with Gasteiger partial charge in [0.15, 0.2) is 0 Å². The first-order chi connectivity index (χ1) is 8.49. The second-order valence-corrected chi connectivity index (χ2v) is 7.30. The number of nitrogens with one attached hydrogen (secondary N) is 1. The Morgan fingerprint density at radius 3 is 2.44 bits per heavy atom. The molecule has 18 heavy (non-hydrogen) atoms. The lowest BCUT2D eigenvalue weighted by atomic mass is 10.3. The Hall–Kier alpha value is -0.600.